The van der Waals surface area contributed by atoms with Gasteiger partial charge in [-0.2, -0.15) is 0 Å². The number of rotatable bonds is 5. The zero-order chi connectivity index (χ0) is 12.9. The van der Waals surface area contributed by atoms with Gasteiger partial charge in [-0.05, 0) is 56.5 Å². The van der Waals surface area contributed by atoms with Crippen molar-refractivity contribution in [3.05, 3.63) is 24.3 Å². The Balaban J connectivity index is 1.47. The maximum absolute atomic E-state index is 3.54. The van der Waals surface area contributed by atoms with Crippen LogP contribution in [0.2, 0.25) is 0 Å². The van der Waals surface area contributed by atoms with Gasteiger partial charge in [-0.15, -0.1) is 11.8 Å². The minimum atomic E-state index is 0.660. The van der Waals surface area contributed by atoms with Crippen molar-refractivity contribution in [3.63, 3.8) is 0 Å². The lowest BCUT2D eigenvalue weighted by Gasteiger charge is -2.13. The largest absolute Gasteiger partial charge is 0.383 e. The van der Waals surface area contributed by atoms with E-state index in [1.165, 1.54) is 55.7 Å². The van der Waals surface area contributed by atoms with E-state index in [-0.39, 0.29) is 0 Å². The average Bonchev–Trinajstić information content (AvgIpc) is 3.11. The van der Waals surface area contributed by atoms with Crippen molar-refractivity contribution in [2.75, 3.05) is 18.4 Å². The van der Waals surface area contributed by atoms with E-state index in [1.54, 1.807) is 0 Å². The minimum absolute atomic E-state index is 0.660. The third kappa shape index (κ3) is 3.90. The molecule has 1 saturated heterocycles. The molecule has 2 nitrogen and oxygen atoms in total. The fraction of sp³-hybridized carbons (Fsp3) is 0.625. The van der Waals surface area contributed by atoms with Crippen LogP contribution in [-0.2, 0) is 0 Å². The first-order valence-corrected chi connectivity index (χ1v) is 8.52. The summed E-state index contributed by atoms with van der Waals surface area (Å²) in [4.78, 5) is 1.43. The van der Waals surface area contributed by atoms with Crippen LogP contribution in [0, 0.1) is 0 Å². The number of thioether (sulfide) groups is 1. The summed E-state index contributed by atoms with van der Waals surface area (Å²) in [5.74, 6) is 0. The van der Waals surface area contributed by atoms with E-state index in [9.17, 15) is 0 Å². The minimum Gasteiger partial charge on any atom is -0.383 e. The van der Waals surface area contributed by atoms with Crippen molar-refractivity contribution in [3.8, 4) is 0 Å². The van der Waals surface area contributed by atoms with Crippen LogP contribution in [0.3, 0.4) is 0 Å². The van der Waals surface area contributed by atoms with Crippen molar-refractivity contribution in [2.24, 2.45) is 0 Å². The Hall–Kier alpha value is -0.670. The average molecular weight is 276 g/mol. The lowest BCUT2D eigenvalue weighted by molar-refractivity contribution is 0.633. The van der Waals surface area contributed by atoms with Crippen LogP contribution in [0.4, 0.5) is 5.69 Å². The summed E-state index contributed by atoms with van der Waals surface area (Å²) < 4.78 is 0. The molecule has 0 spiro atoms. The van der Waals surface area contributed by atoms with Crippen molar-refractivity contribution < 1.29 is 0 Å². The van der Waals surface area contributed by atoms with Gasteiger partial charge in [0.15, 0.2) is 0 Å². The molecule has 0 aromatic heterocycles. The van der Waals surface area contributed by atoms with E-state index < -0.39 is 0 Å². The van der Waals surface area contributed by atoms with Gasteiger partial charge in [-0.3, -0.25) is 0 Å². The van der Waals surface area contributed by atoms with Crippen LogP contribution < -0.4 is 10.6 Å². The quantitative estimate of drug-likeness (QED) is 0.853. The third-order valence-electron chi connectivity index (χ3n) is 4.17. The van der Waals surface area contributed by atoms with Gasteiger partial charge in [0, 0.05) is 28.4 Å². The molecule has 3 rings (SSSR count). The first-order chi connectivity index (χ1) is 9.40. The summed E-state index contributed by atoms with van der Waals surface area (Å²) in [5, 5.41) is 7.92. The fourth-order valence-electron chi connectivity index (χ4n) is 3.02. The second kappa shape index (κ2) is 6.67. The van der Waals surface area contributed by atoms with Crippen LogP contribution in [0.15, 0.2) is 29.2 Å². The van der Waals surface area contributed by atoms with Crippen molar-refractivity contribution in [1.82, 2.24) is 5.32 Å². The highest BCUT2D eigenvalue weighted by atomic mass is 32.2. The lowest BCUT2D eigenvalue weighted by atomic mass is 10.2. The molecule has 1 aliphatic heterocycles. The van der Waals surface area contributed by atoms with Crippen LogP contribution >= 0.6 is 11.8 Å². The zero-order valence-electron chi connectivity index (χ0n) is 11.5. The van der Waals surface area contributed by atoms with Crippen molar-refractivity contribution in [1.29, 1.82) is 0 Å². The lowest BCUT2D eigenvalue weighted by Crippen LogP contribution is -2.29. The summed E-state index contributed by atoms with van der Waals surface area (Å²) in [6.07, 6.45) is 8.28. The van der Waals surface area contributed by atoms with Gasteiger partial charge in [0.05, 0.1) is 0 Å². The predicted octanol–water partition coefficient (Wildman–Crippen LogP) is 3.89. The van der Waals surface area contributed by atoms with E-state index in [2.05, 4.69) is 46.7 Å². The Morgan fingerprint density at radius 3 is 2.53 bits per heavy atom. The molecule has 0 radical (unpaired) electrons. The van der Waals surface area contributed by atoms with Crippen LogP contribution in [0.5, 0.6) is 0 Å². The molecule has 1 saturated carbocycles. The number of hydrogen-bond donors (Lipinski definition) is 2. The summed E-state index contributed by atoms with van der Waals surface area (Å²) >= 11 is 2.06. The summed E-state index contributed by atoms with van der Waals surface area (Å²) in [6.45, 7) is 2.23. The van der Waals surface area contributed by atoms with E-state index in [0.29, 0.717) is 6.04 Å². The Bertz CT molecular complexity index is 378. The molecular formula is C16H24N2S. The van der Waals surface area contributed by atoms with Gasteiger partial charge < -0.3 is 10.6 Å². The smallest absolute Gasteiger partial charge is 0.0341 e. The molecule has 19 heavy (non-hydrogen) atoms. The van der Waals surface area contributed by atoms with Crippen molar-refractivity contribution >= 4 is 17.4 Å². The number of hydrogen-bond acceptors (Lipinski definition) is 3. The Morgan fingerprint density at radius 1 is 1.05 bits per heavy atom. The van der Waals surface area contributed by atoms with Gasteiger partial charge in [-0.25, -0.2) is 0 Å². The molecular weight excluding hydrogens is 252 g/mol. The highest BCUT2D eigenvalue weighted by molar-refractivity contribution is 8.00. The molecule has 1 heterocycles. The monoisotopic (exact) mass is 276 g/mol. The van der Waals surface area contributed by atoms with Gasteiger partial charge >= 0.3 is 0 Å². The third-order valence-corrected chi connectivity index (χ3v) is 5.52. The Kier molecular flexibility index (Phi) is 4.67. The number of benzene rings is 1. The molecule has 2 fully saturated rings. The first-order valence-electron chi connectivity index (χ1n) is 7.64. The Morgan fingerprint density at radius 2 is 1.84 bits per heavy atom. The van der Waals surface area contributed by atoms with E-state index >= 15 is 0 Å². The highest BCUT2D eigenvalue weighted by Crippen LogP contribution is 2.34. The van der Waals surface area contributed by atoms with Gasteiger partial charge in [0.2, 0.25) is 0 Å². The molecule has 0 bridgehead atoms. The van der Waals surface area contributed by atoms with E-state index in [0.717, 1.165) is 11.8 Å². The molecule has 3 heteroatoms. The van der Waals surface area contributed by atoms with Gasteiger partial charge in [0.1, 0.15) is 0 Å². The standard InChI is InChI=1S/C16H24N2S/c1-2-6-15(5-1)19-16-9-7-13(8-10-16)18-12-14-4-3-11-17-14/h7-10,14-15,17-18H,1-6,11-12H2. The molecule has 1 aliphatic carbocycles. The first kappa shape index (κ1) is 13.3. The number of anilines is 1. The molecule has 1 aromatic rings. The summed E-state index contributed by atoms with van der Waals surface area (Å²) in [6, 6.07) is 9.66. The number of nitrogens with one attached hydrogen (secondary N) is 2. The SMILES string of the molecule is c1cc(SC2CCCC2)ccc1NCC1CCCN1. The van der Waals surface area contributed by atoms with Crippen LogP contribution in [0.25, 0.3) is 0 Å². The molecule has 2 aliphatic rings. The van der Waals surface area contributed by atoms with E-state index in [4.69, 9.17) is 0 Å². The predicted molar refractivity (Wildman–Crippen MR) is 84.1 cm³/mol. The normalized spacial score (nSPS) is 23.9. The van der Waals surface area contributed by atoms with Crippen LogP contribution in [-0.4, -0.2) is 24.4 Å². The molecule has 0 amide bonds. The second-order valence-electron chi connectivity index (χ2n) is 5.72. The molecule has 104 valence electrons. The maximum Gasteiger partial charge on any atom is 0.0341 e. The fourth-order valence-corrected chi connectivity index (χ4v) is 4.27. The van der Waals surface area contributed by atoms with Gasteiger partial charge in [-0.1, -0.05) is 12.8 Å². The molecule has 1 aromatic carbocycles. The van der Waals surface area contributed by atoms with Crippen molar-refractivity contribution in [2.45, 2.75) is 54.7 Å². The summed E-state index contributed by atoms with van der Waals surface area (Å²) in [7, 11) is 0. The van der Waals surface area contributed by atoms with Gasteiger partial charge in [0.25, 0.3) is 0 Å². The second-order valence-corrected chi connectivity index (χ2v) is 7.10. The molecule has 1 atom stereocenters. The summed E-state index contributed by atoms with van der Waals surface area (Å²) in [5.41, 5.74) is 1.25. The zero-order valence-corrected chi connectivity index (χ0v) is 12.3. The molecule has 2 N–H and O–H groups in total. The van der Waals surface area contributed by atoms with Crippen LogP contribution in [0.1, 0.15) is 38.5 Å². The topological polar surface area (TPSA) is 24.1 Å². The Labute approximate surface area is 120 Å². The highest BCUT2D eigenvalue weighted by Gasteiger charge is 2.16. The van der Waals surface area contributed by atoms with E-state index in [1.807, 2.05) is 0 Å². The molecule has 1 unspecified atom stereocenters. The maximum atomic E-state index is 3.54.